The minimum atomic E-state index is -4.06. The van der Waals surface area contributed by atoms with E-state index in [2.05, 4.69) is 15.2 Å². The van der Waals surface area contributed by atoms with Crippen LogP contribution in [0.4, 0.5) is 11.4 Å². The Kier molecular flexibility index (Phi) is 6.71. The summed E-state index contributed by atoms with van der Waals surface area (Å²) in [6.45, 7) is 1.33. The van der Waals surface area contributed by atoms with Crippen LogP contribution in [0.1, 0.15) is 5.56 Å². The highest BCUT2D eigenvalue weighted by Crippen LogP contribution is 2.35. The summed E-state index contributed by atoms with van der Waals surface area (Å²) in [5.41, 5.74) is 2.03. The summed E-state index contributed by atoms with van der Waals surface area (Å²) in [5.74, 6) is -1.01. The van der Waals surface area contributed by atoms with Gasteiger partial charge in [-0.3, -0.25) is 9.10 Å². The van der Waals surface area contributed by atoms with E-state index < -0.39 is 22.5 Å². The third-order valence-corrected chi connectivity index (χ3v) is 7.70. The van der Waals surface area contributed by atoms with Crippen LogP contribution < -0.4 is 4.31 Å². The van der Waals surface area contributed by atoms with Crippen LogP contribution in [-0.4, -0.2) is 37.2 Å². The number of benzene rings is 3. The molecule has 0 radical (unpaired) electrons. The van der Waals surface area contributed by atoms with E-state index in [0.29, 0.717) is 16.6 Å². The number of amides is 1. The Balaban J connectivity index is 1.66. The Morgan fingerprint density at radius 1 is 1.03 bits per heavy atom. The van der Waals surface area contributed by atoms with Gasteiger partial charge in [0.1, 0.15) is 6.54 Å². The topological polar surface area (TPSA) is 115 Å². The summed E-state index contributed by atoms with van der Waals surface area (Å²) >= 11 is 1.50. The van der Waals surface area contributed by atoms with Gasteiger partial charge in [0.15, 0.2) is 5.69 Å². The maximum absolute atomic E-state index is 13.5. The molecular weight excluding hydrogens is 472 g/mol. The van der Waals surface area contributed by atoms with Crippen molar-refractivity contribution in [2.24, 2.45) is 10.2 Å². The number of aryl methyl sites for hydroxylation is 1. The van der Waals surface area contributed by atoms with E-state index in [1.807, 2.05) is 13.2 Å². The molecule has 1 aromatic heterocycles. The van der Waals surface area contributed by atoms with E-state index in [-0.39, 0.29) is 16.5 Å². The van der Waals surface area contributed by atoms with Gasteiger partial charge in [-0.15, -0.1) is 22.0 Å². The largest absolute Gasteiger partial charge is 0.493 e. The molecule has 4 aromatic rings. The molecule has 0 saturated carbocycles. The SMILES string of the molecule is CSc1ccc(S(=O)(=O)N(CC(=O)N=Nc2c(O)[nH]c3ccccc23)c2ccc(C)cc2)cc1. The second-order valence-electron chi connectivity index (χ2n) is 7.48. The number of azo groups is 1. The highest BCUT2D eigenvalue weighted by atomic mass is 32.2. The Bertz CT molecular complexity index is 1460. The molecule has 0 aliphatic carbocycles. The molecule has 0 bridgehead atoms. The normalized spacial score (nSPS) is 11.8. The number of thioether (sulfide) groups is 1. The smallest absolute Gasteiger partial charge is 0.285 e. The minimum Gasteiger partial charge on any atom is -0.493 e. The molecule has 0 saturated heterocycles. The molecule has 174 valence electrons. The number of nitrogens with zero attached hydrogens (tertiary/aromatic N) is 3. The fourth-order valence-corrected chi connectivity index (χ4v) is 5.20. The zero-order valence-corrected chi connectivity index (χ0v) is 20.1. The number of hydrogen-bond acceptors (Lipinski definition) is 6. The van der Waals surface area contributed by atoms with Gasteiger partial charge < -0.3 is 10.1 Å². The predicted molar refractivity (Wildman–Crippen MR) is 133 cm³/mol. The van der Waals surface area contributed by atoms with Crippen molar-refractivity contribution in [2.45, 2.75) is 16.7 Å². The predicted octanol–water partition coefficient (Wildman–Crippen LogP) is 5.41. The lowest BCUT2D eigenvalue weighted by Gasteiger charge is -2.23. The molecule has 0 fully saturated rings. The van der Waals surface area contributed by atoms with E-state index in [4.69, 9.17) is 0 Å². The van der Waals surface area contributed by atoms with Crippen molar-refractivity contribution in [3.05, 3.63) is 78.4 Å². The van der Waals surface area contributed by atoms with E-state index >= 15 is 0 Å². The number of carbonyl (C=O) groups excluding carboxylic acids is 1. The first-order valence-electron chi connectivity index (χ1n) is 10.3. The molecule has 0 aliphatic rings. The number of nitrogens with one attached hydrogen (secondary N) is 1. The summed E-state index contributed by atoms with van der Waals surface area (Å²) in [6.07, 6.45) is 1.90. The van der Waals surface area contributed by atoms with Crippen LogP contribution in [0.5, 0.6) is 5.88 Å². The van der Waals surface area contributed by atoms with Gasteiger partial charge in [0.25, 0.3) is 15.9 Å². The van der Waals surface area contributed by atoms with Crippen LogP contribution in [0.2, 0.25) is 0 Å². The lowest BCUT2D eigenvalue weighted by molar-refractivity contribution is -0.116. The highest BCUT2D eigenvalue weighted by Gasteiger charge is 2.27. The number of para-hydroxylation sites is 1. The molecule has 0 aliphatic heterocycles. The first-order chi connectivity index (χ1) is 16.3. The van der Waals surface area contributed by atoms with Gasteiger partial charge in [-0.05, 0) is 55.6 Å². The summed E-state index contributed by atoms with van der Waals surface area (Å²) in [7, 11) is -4.06. The minimum absolute atomic E-state index is 0.0601. The third kappa shape index (κ3) is 4.82. The van der Waals surface area contributed by atoms with Gasteiger partial charge in [-0.1, -0.05) is 35.9 Å². The Hall–Kier alpha value is -3.63. The van der Waals surface area contributed by atoms with Crippen molar-refractivity contribution >= 4 is 50.0 Å². The molecule has 0 spiro atoms. The molecule has 0 atom stereocenters. The Morgan fingerprint density at radius 2 is 1.71 bits per heavy atom. The molecule has 10 heteroatoms. The van der Waals surface area contributed by atoms with Crippen molar-refractivity contribution in [1.82, 2.24) is 4.98 Å². The van der Waals surface area contributed by atoms with Crippen molar-refractivity contribution in [3.63, 3.8) is 0 Å². The van der Waals surface area contributed by atoms with Gasteiger partial charge in [-0.25, -0.2) is 8.42 Å². The first-order valence-corrected chi connectivity index (χ1v) is 12.9. The van der Waals surface area contributed by atoms with Crippen LogP contribution in [0.25, 0.3) is 10.9 Å². The van der Waals surface area contributed by atoms with Gasteiger partial charge in [0.05, 0.1) is 16.1 Å². The van der Waals surface area contributed by atoms with Crippen molar-refractivity contribution in [1.29, 1.82) is 0 Å². The van der Waals surface area contributed by atoms with E-state index in [1.54, 1.807) is 60.7 Å². The fourth-order valence-electron chi connectivity index (χ4n) is 3.38. The number of aromatic nitrogens is 1. The number of fused-ring (bicyclic) bond motifs is 1. The molecule has 3 aromatic carbocycles. The summed E-state index contributed by atoms with van der Waals surface area (Å²) in [5, 5.41) is 18.3. The van der Waals surface area contributed by atoms with Crippen LogP contribution in [-0.2, 0) is 14.8 Å². The highest BCUT2D eigenvalue weighted by molar-refractivity contribution is 7.98. The molecule has 0 unspecified atom stereocenters. The van der Waals surface area contributed by atoms with Crippen LogP contribution in [0, 0.1) is 6.92 Å². The Labute approximate surface area is 201 Å². The molecule has 34 heavy (non-hydrogen) atoms. The number of carbonyl (C=O) groups is 1. The molecule has 1 heterocycles. The summed E-state index contributed by atoms with van der Waals surface area (Å²) in [6, 6.07) is 20.3. The summed E-state index contributed by atoms with van der Waals surface area (Å²) < 4.78 is 27.9. The second-order valence-corrected chi connectivity index (χ2v) is 10.2. The number of anilines is 1. The van der Waals surface area contributed by atoms with E-state index in [0.717, 1.165) is 14.8 Å². The number of rotatable bonds is 7. The number of H-pyrrole nitrogens is 1. The molecule has 4 rings (SSSR count). The van der Waals surface area contributed by atoms with Crippen molar-refractivity contribution in [2.75, 3.05) is 17.1 Å². The van der Waals surface area contributed by atoms with E-state index in [1.165, 1.54) is 23.9 Å². The number of sulfonamides is 1. The van der Waals surface area contributed by atoms with Crippen LogP contribution in [0.15, 0.2) is 92.8 Å². The molecule has 8 nitrogen and oxygen atoms in total. The quantitative estimate of drug-likeness (QED) is 0.263. The number of aromatic amines is 1. The maximum Gasteiger partial charge on any atom is 0.285 e. The first kappa shape index (κ1) is 23.5. The lowest BCUT2D eigenvalue weighted by Crippen LogP contribution is -2.35. The average molecular weight is 495 g/mol. The Morgan fingerprint density at radius 3 is 2.38 bits per heavy atom. The number of aromatic hydroxyl groups is 1. The molecule has 1 amide bonds. The molecular formula is C24H22N4O4S2. The van der Waals surface area contributed by atoms with E-state index in [9.17, 15) is 18.3 Å². The second kappa shape index (κ2) is 9.70. The van der Waals surface area contributed by atoms with Crippen LogP contribution in [0.3, 0.4) is 0 Å². The van der Waals surface area contributed by atoms with Crippen molar-refractivity contribution < 1.29 is 18.3 Å². The number of hydrogen-bond donors (Lipinski definition) is 2. The monoisotopic (exact) mass is 494 g/mol. The maximum atomic E-state index is 13.5. The van der Waals surface area contributed by atoms with Gasteiger partial charge >= 0.3 is 0 Å². The summed E-state index contributed by atoms with van der Waals surface area (Å²) in [4.78, 5) is 16.5. The molecule has 2 N–H and O–H groups in total. The lowest BCUT2D eigenvalue weighted by atomic mass is 10.2. The van der Waals surface area contributed by atoms with Crippen molar-refractivity contribution in [3.8, 4) is 5.88 Å². The fraction of sp³-hybridized carbons (Fsp3) is 0.125. The van der Waals surface area contributed by atoms with Gasteiger partial charge in [0, 0.05) is 10.3 Å². The standard InChI is InChI=1S/C24H22N4O4S2/c1-16-7-9-17(10-8-16)28(34(31,32)19-13-11-18(33-2)12-14-19)15-22(29)26-27-23-20-5-3-4-6-21(20)25-24(23)30/h3-14,25,30H,15H2,1-2H3. The van der Waals surface area contributed by atoms with Crippen LogP contribution >= 0.6 is 11.8 Å². The zero-order valence-electron chi connectivity index (χ0n) is 18.5. The zero-order chi connectivity index (χ0) is 24.3. The van der Waals surface area contributed by atoms with Gasteiger partial charge in [0.2, 0.25) is 5.88 Å². The third-order valence-electron chi connectivity index (χ3n) is 5.17. The average Bonchev–Trinajstić information content (AvgIpc) is 3.16. The van der Waals surface area contributed by atoms with Gasteiger partial charge in [-0.2, -0.15) is 0 Å².